The molecule has 1 unspecified atom stereocenters. The topological polar surface area (TPSA) is 41.3 Å². The molecule has 1 N–H and O–H groups in total. The van der Waals surface area contributed by atoms with Crippen LogP contribution >= 0.6 is 0 Å². The van der Waals surface area contributed by atoms with Crippen LogP contribution in [0.4, 0.5) is 0 Å². The zero-order valence-electron chi connectivity index (χ0n) is 10.9. The normalized spacial score (nSPS) is 21.2. The molecule has 0 bridgehead atoms. The average molecular weight is 237 g/mol. The third-order valence-corrected chi connectivity index (χ3v) is 3.68. The van der Waals surface area contributed by atoms with Crippen molar-refractivity contribution in [3.63, 3.8) is 0 Å². The fraction of sp³-hybridized carbons (Fsp3) is 0.769. The first-order valence-electron chi connectivity index (χ1n) is 6.54. The van der Waals surface area contributed by atoms with Crippen molar-refractivity contribution >= 4 is 0 Å². The van der Waals surface area contributed by atoms with Gasteiger partial charge in [0.25, 0.3) is 0 Å². The van der Waals surface area contributed by atoms with E-state index in [-0.39, 0.29) is 0 Å². The summed E-state index contributed by atoms with van der Waals surface area (Å²) in [6.07, 6.45) is 6.73. The van der Waals surface area contributed by atoms with E-state index in [1.54, 1.807) is 0 Å². The molecule has 0 spiro atoms. The second kappa shape index (κ2) is 5.65. The molecule has 1 aliphatic rings. The van der Waals surface area contributed by atoms with Gasteiger partial charge in [0.05, 0.1) is 5.69 Å². The Bertz CT molecular complexity index is 362. The monoisotopic (exact) mass is 237 g/mol. The molecule has 1 aromatic rings. The van der Waals surface area contributed by atoms with Crippen LogP contribution in [0.3, 0.4) is 0 Å². The Labute approximate surface area is 103 Å². The van der Waals surface area contributed by atoms with E-state index in [2.05, 4.69) is 23.1 Å². The summed E-state index contributed by atoms with van der Waals surface area (Å²) in [7, 11) is 1.98. The molecule has 0 radical (unpaired) electrons. The van der Waals surface area contributed by atoms with E-state index in [0.717, 1.165) is 25.1 Å². The van der Waals surface area contributed by atoms with Gasteiger partial charge in [-0.05, 0) is 39.2 Å². The largest absolute Gasteiger partial charge is 0.396 e. The minimum Gasteiger partial charge on any atom is -0.396 e. The van der Waals surface area contributed by atoms with Crippen molar-refractivity contribution in [1.29, 1.82) is 0 Å². The standard InChI is InChI=1S/C13H23N3O/c1-11-12(9-15(2)14-11)10-16-7-3-5-13(16)6-4-8-17/h9,13,17H,3-8,10H2,1-2H3. The van der Waals surface area contributed by atoms with Crippen molar-refractivity contribution in [2.45, 2.75) is 45.2 Å². The summed E-state index contributed by atoms with van der Waals surface area (Å²) >= 11 is 0. The molecule has 0 aromatic carbocycles. The molecule has 17 heavy (non-hydrogen) atoms. The third-order valence-electron chi connectivity index (χ3n) is 3.68. The van der Waals surface area contributed by atoms with E-state index in [4.69, 9.17) is 5.11 Å². The van der Waals surface area contributed by atoms with Crippen molar-refractivity contribution in [1.82, 2.24) is 14.7 Å². The number of aromatic nitrogens is 2. The Morgan fingerprint density at radius 3 is 3.00 bits per heavy atom. The smallest absolute Gasteiger partial charge is 0.0638 e. The number of rotatable bonds is 5. The zero-order valence-corrected chi connectivity index (χ0v) is 10.9. The van der Waals surface area contributed by atoms with Gasteiger partial charge in [-0.2, -0.15) is 5.10 Å². The fourth-order valence-electron chi connectivity index (χ4n) is 2.78. The van der Waals surface area contributed by atoms with Crippen molar-refractivity contribution in [3.05, 3.63) is 17.5 Å². The number of nitrogens with zero attached hydrogens (tertiary/aromatic N) is 3. The van der Waals surface area contributed by atoms with E-state index in [1.165, 1.54) is 24.9 Å². The van der Waals surface area contributed by atoms with Gasteiger partial charge in [-0.25, -0.2) is 0 Å². The van der Waals surface area contributed by atoms with Gasteiger partial charge in [-0.1, -0.05) is 0 Å². The Morgan fingerprint density at radius 1 is 1.53 bits per heavy atom. The first-order chi connectivity index (χ1) is 8.20. The van der Waals surface area contributed by atoms with E-state index in [1.807, 2.05) is 11.7 Å². The summed E-state index contributed by atoms with van der Waals surface area (Å²) in [6, 6.07) is 0.654. The van der Waals surface area contributed by atoms with E-state index in [0.29, 0.717) is 12.6 Å². The van der Waals surface area contributed by atoms with Crippen LogP contribution in [0.25, 0.3) is 0 Å². The molecule has 4 nitrogen and oxygen atoms in total. The molecule has 1 atom stereocenters. The highest BCUT2D eigenvalue weighted by atomic mass is 16.2. The molecule has 0 amide bonds. The van der Waals surface area contributed by atoms with Crippen LogP contribution in [0, 0.1) is 6.92 Å². The van der Waals surface area contributed by atoms with Gasteiger partial charge in [0.2, 0.25) is 0 Å². The minimum atomic E-state index is 0.316. The van der Waals surface area contributed by atoms with Crippen LogP contribution in [0.2, 0.25) is 0 Å². The third kappa shape index (κ3) is 3.07. The van der Waals surface area contributed by atoms with Gasteiger partial charge in [-0.15, -0.1) is 0 Å². The molecule has 2 rings (SSSR count). The summed E-state index contributed by atoms with van der Waals surface area (Å²) in [5, 5.41) is 13.3. The molecule has 1 fully saturated rings. The highest BCUT2D eigenvalue weighted by Gasteiger charge is 2.24. The molecule has 96 valence electrons. The van der Waals surface area contributed by atoms with Crippen LogP contribution in [0.15, 0.2) is 6.20 Å². The predicted molar refractivity (Wildman–Crippen MR) is 67.7 cm³/mol. The van der Waals surface area contributed by atoms with Crippen LogP contribution in [0.1, 0.15) is 36.9 Å². The quantitative estimate of drug-likeness (QED) is 0.843. The molecule has 2 heterocycles. The molecular weight excluding hydrogens is 214 g/mol. The van der Waals surface area contributed by atoms with E-state index < -0.39 is 0 Å². The molecule has 4 heteroatoms. The summed E-state index contributed by atoms with van der Waals surface area (Å²) in [6.45, 7) is 4.59. The Kier molecular flexibility index (Phi) is 4.18. The number of hydrogen-bond donors (Lipinski definition) is 1. The van der Waals surface area contributed by atoms with Gasteiger partial charge in [0.15, 0.2) is 0 Å². The maximum atomic E-state index is 8.92. The SMILES string of the molecule is Cc1nn(C)cc1CN1CCCC1CCCO. The highest BCUT2D eigenvalue weighted by Crippen LogP contribution is 2.24. The van der Waals surface area contributed by atoms with Gasteiger partial charge in [-0.3, -0.25) is 9.58 Å². The van der Waals surface area contributed by atoms with Crippen LogP contribution in [-0.4, -0.2) is 39.0 Å². The van der Waals surface area contributed by atoms with Gasteiger partial charge < -0.3 is 5.11 Å². The van der Waals surface area contributed by atoms with Crippen molar-refractivity contribution < 1.29 is 5.11 Å². The number of aliphatic hydroxyl groups excluding tert-OH is 1. The average Bonchev–Trinajstić information content (AvgIpc) is 2.84. The lowest BCUT2D eigenvalue weighted by Gasteiger charge is -2.23. The van der Waals surface area contributed by atoms with E-state index >= 15 is 0 Å². The lowest BCUT2D eigenvalue weighted by Crippen LogP contribution is -2.29. The first-order valence-corrected chi connectivity index (χ1v) is 6.54. The Balaban J connectivity index is 1.95. The number of aryl methyl sites for hydroxylation is 2. The fourth-order valence-corrected chi connectivity index (χ4v) is 2.78. The summed E-state index contributed by atoms with van der Waals surface area (Å²) in [5.41, 5.74) is 2.48. The summed E-state index contributed by atoms with van der Waals surface area (Å²) in [4.78, 5) is 2.54. The molecule has 0 saturated carbocycles. The van der Waals surface area contributed by atoms with Crippen molar-refractivity contribution in [2.75, 3.05) is 13.2 Å². The number of aliphatic hydroxyl groups is 1. The van der Waals surface area contributed by atoms with Gasteiger partial charge >= 0.3 is 0 Å². The lowest BCUT2D eigenvalue weighted by molar-refractivity contribution is 0.210. The van der Waals surface area contributed by atoms with Crippen LogP contribution in [-0.2, 0) is 13.6 Å². The molecule has 1 aliphatic heterocycles. The lowest BCUT2D eigenvalue weighted by atomic mass is 10.1. The Hall–Kier alpha value is -0.870. The summed E-state index contributed by atoms with van der Waals surface area (Å²) in [5.74, 6) is 0. The van der Waals surface area contributed by atoms with Gasteiger partial charge in [0.1, 0.15) is 0 Å². The second-order valence-electron chi connectivity index (χ2n) is 5.05. The van der Waals surface area contributed by atoms with Crippen LogP contribution < -0.4 is 0 Å². The number of hydrogen-bond acceptors (Lipinski definition) is 3. The highest BCUT2D eigenvalue weighted by molar-refractivity contribution is 5.15. The Morgan fingerprint density at radius 2 is 2.35 bits per heavy atom. The number of likely N-dealkylation sites (tertiary alicyclic amines) is 1. The summed E-state index contributed by atoms with van der Waals surface area (Å²) < 4.78 is 1.89. The molecular formula is C13H23N3O. The molecule has 1 aromatic heterocycles. The van der Waals surface area contributed by atoms with Crippen LogP contribution in [0.5, 0.6) is 0 Å². The van der Waals surface area contributed by atoms with Crippen molar-refractivity contribution in [3.8, 4) is 0 Å². The molecule has 1 saturated heterocycles. The zero-order chi connectivity index (χ0) is 12.3. The second-order valence-corrected chi connectivity index (χ2v) is 5.05. The van der Waals surface area contributed by atoms with Crippen molar-refractivity contribution in [2.24, 2.45) is 7.05 Å². The maximum Gasteiger partial charge on any atom is 0.0638 e. The van der Waals surface area contributed by atoms with E-state index in [9.17, 15) is 0 Å². The van der Waals surface area contributed by atoms with Gasteiger partial charge in [0, 0.05) is 38.0 Å². The molecule has 0 aliphatic carbocycles. The first kappa shape index (κ1) is 12.6. The minimum absolute atomic E-state index is 0.316. The predicted octanol–water partition coefficient (Wildman–Crippen LogP) is 1.47. The maximum absolute atomic E-state index is 8.92.